The van der Waals surface area contributed by atoms with Crippen molar-refractivity contribution in [3.05, 3.63) is 54.6 Å². The third-order valence-electron chi connectivity index (χ3n) is 3.27. The molecule has 2 aromatic rings. The molecule has 2 N–H and O–H groups in total. The van der Waals surface area contributed by atoms with Gasteiger partial charge >= 0.3 is 0 Å². The maximum atomic E-state index is 12.3. The molecule has 0 bridgehead atoms. The summed E-state index contributed by atoms with van der Waals surface area (Å²) in [5, 5.41) is 3.17. The van der Waals surface area contributed by atoms with Gasteiger partial charge in [-0.3, -0.25) is 0 Å². The van der Waals surface area contributed by atoms with Crippen LogP contribution in [0.5, 0.6) is 0 Å². The van der Waals surface area contributed by atoms with Crippen molar-refractivity contribution in [3.8, 4) is 11.1 Å². The molecule has 0 atom stereocenters. The van der Waals surface area contributed by atoms with E-state index >= 15 is 0 Å². The minimum absolute atomic E-state index is 0. The molecule has 6 heteroatoms. The fourth-order valence-electron chi connectivity index (χ4n) is 2.13. The number of hydrogen-bond donors (Lipinski definition) is 2. The van der Waals surface area contributed by atoms with Crippen LogP contribution < -0.4 is 10.0 Å². The van der Waals surface area contributed by atoms with Gasteiger partial charge in [0.15, 0.2) is 0 Å². The topological polar surface area (TPSA) is 58.2 Å². The highest BCUT2D eigenvalue weighted by Gasteiger charge is 2.13. The molecule has 0 radical (unpaired) electrons. The molecule has 0 aliphatic heterocycles. The van der Waals surface area contributed by atoms with E-state index in [4.69, 9.17) is 0 Å². The molecule has 0 spiro atoms. The van der Waals surface area contributed by atoms with Crippen molar-refractivity contribution in [2.24, 2.45) is 0 Å². The zero-order chi connectivity index (χ0) is 15.8. The highest BCUT2D eigenvalue weighted by Crippen LogP contribution is 2.21. The van der Waals surface area contributed by atoms with Crippen LogP contribution in [0.15, 0.2) is 59.5 Å². The predicted molar refractivity (Wildman–Crippen MR) is 97.5 cm³/mol. The van der Waals surface area contributed by atoms with Crippen molar-refractivity contribution >= 4 is 22.4 Å². The van der Waals surface area contributed by atoms with Crippen molar-refractivity contribution in [2.45, 2.75) is 18.2 Å². The van der Waals surface area contributed by atoms with Crippen LogP contribution in [-0.4, -0.2) is 28.1 Å². The molecular formula is C17H23ClN2O2S. The first-order valence-electron chi connectivity index (χ1n) is 7.49. The van der Waals surface area contributed by atoms with Gasteiger partial charge in [-0.1, -0.05) is 49.4 Å². The van der Waals surface area contributed by atoms with Gasteiger partial charge in [0, 0.05) is 13.1 Å². The van der Waals surface area contributed by atoms with E-state index in [9.17, 15) is 8.42 Å². The Labute approximate surface area is 144 Å². The highest BCUT2D eigenvalue weighted by atomic mass is 35.5. The van der Waals surface area contributed by atoms with Crippen molar-refractivity contribution in [2.75, 3.05) is 19.6 Å². The van der Waals surface area contributed by atoms with Gasteiger partial charge in [0.2, 0.25) is 10.0 Å². The zero-order valence-electron chi connectivity index (χ0n) is 13.2. The summed E-state index contributed by atoms with van der Waals surface area (Å²) >= 11 is 0. The Balaban J connectivity index is 0.00000264. The molecule has 0 amide bonds. The minimum Gasteiger partial charge on any atom is -0.315 e. The molecule has 0 saturated carbocycles. The SMILES string of the molecule is CCCNCCNS(=O)(=O)c1cccc(-c2ccccc2)c1.Cl. The van der Waals surface area contributed by atoms with Gasteiger partial charge < -0.3 is 5.32 Å². The Bertz CT molecular complexity index is 691. The molecule has 0 saturated heterocycles. The van der Waals surface area contributed by atoms with Crippen LogP contribution in [0.2, 0.25) is 0 Å². The fourth-order valence-corrected chi connectivity index (χ4v) is 3.21. The van der Waals surface area contributed by atoms with Gasteiger partial charge in [0.1, 0.15) is 0 Å². The maximum Gasteiger partial charge on any atom is 0.240 e. The summed E-state index contributed by atoms with van der Waals surface area (Å²) in [6.45, 7) is 3.99. The smallest absolute Gasteiger partial charge is 0.240 e. The summed E-state index contributed by atoms with van der Waals surface area (Å²) in [6.07, 6.45) is 1.03. The van der Waals surface area contributed by atoms with E-state index in [1.165, 1.54) is 0 Å². The van der Waals surface area contributed by atoms with E-state index < -0.39 is 10.0 Å². The Morgan fingerprint density at radius 1 is 0.870 bits per heavy atom. The van der Waals surface area contributed by atoms with Crippen molar-refractivity contribution in [3.63, 3.8) is 0 Å². The zero-order valence-corrected chi connectivity index (χ0v) is 14.8. The Morgan fingerprint density at radius 2 is 1.57 bits per heavy atom. The first-order chi connectivity index (χ1) is 10.6. The van der Waals surface area contributed by atoms with Crippen molar-refractivity contribution in [1.29, 1.82) is 0 Å². The number of sulfonamides is 1. The lowest BCUT2D eigenvalue weighted by Crippen LogP contribution is -2.32. The molecule has 2 rings (SSSR count). The first kappa shape index (κ1) is 19.6. The summed E-state index contributed by atoms with van der Waals surface area (Å²) in [5.74, 6) is 0. The summed E-state index contributed by atoms with van der Waals surface area (Å²) in [6, 6.07) is 16.8. The molecular weight excluding hydrogens is 332 g/mol. The summed E-state index contributed by atoms with van der Waals surface area (Å²) < 4.78 is 27.2. The van der Waals surface area contributed by atoms with Gasteiger partial charge in [0.25, 0.3) is 0 Å². The van der Waals surface area contributed by atoms with Crippen LogP contribution in [0.1, 0.15) is 13.3 Å². The van der Waals surface area contributed by atoms with E-state index in [-0.39, 0.29) is 12.4 Å². The molecule has 0 aliphatic carbocycles. The lowest BCUT2D eigenvalue weighted by Gasteiger charge is -2.09. The lowest BCUT2D eigenvalue weighted by atomic mass is 10.1. The molecule has 126 valence electrons. The molecule has 0 fully saturated rings. The lowest BCUT2D eigenvalue weighted by molar-refractivity contribution is 0.575. The van der Waals surface area contributed by atoms with Crippen LogP contribution >= 0.6 is 12.4 Å². The van der Waals surface area contributed by atoms with Gasteiger partial charge in [-0.25, -0.2) is 13.1 Å². The van der Waals surface area contributed by atoms with Crippen molar-refractivity contribution in [1.82, 2.24) is 10.0 Å². The third-order valence-corrected chi connectivity index (χ3v) is 4.73. The molecule has 2 aromatic carbocycles. The second-order valence-corrected chi connectivity index (χ2v) is 6.81. The fraction of sp³-hybridized carbons (Fsp3) is 0.294. The van der Waals surface area contributed by atoms with E-state index in [1.807, 2.05) is 36.4 Å². The Hall–Kier alpha value is -1.40. The summed E-state index contributed by atoms with van der Waals surface area (Å²) in [7, 11) is -3.47. The van der Waals surface area contributed by atoms with Crippen LogP contribution in [0.3, 0.4) is 0 Å². The van der Waals surface area contributed by atoms with E-state index in [0.717, 1.165) is 24.1 Å². The van der Waals surface area contributed by atoms with Gasteiger partial charge in [0.05, 0.1) is 4.90 Å². The number of hydrogen-bond acceptors (Lipinski definition) is 3. The van der Waals surface area contributed by atoms with E-state index in [1.54, 1.807) is 18.2 Å². The molecule has 0 aliphatic rings. The molecule has 0 aromatic heterocycles. The molecule has 4 nitrogen and oxygen atoms in total. The number of rotatable bonds is 8. The van der Waals surface area contributed by atoms with Crippen molar-refractivity contribution < 1.29 is 8.42 Å². The second kappa shape index (κ2) is 9.67. The maximum absolute atomic E-state index is 12.3. The largest absolute Gasteiger partial charge is 0.315 e. The minimum atomic E-state index is -3.47. The predicted octanol–water partition coefficient (Wildman–Crippen LogP) is 3.05. The number of nitrogens with one attached hydrogen (secondary N) is 2. The number of halogens is 1. The van der Waals surface area contributed by atoms with Gasteiger partial charge in [-0.05, 0) is 36.2 Å². The van der Waals surface area contributed by atoms with Gasteiger partial charge in [-0.15, -0.1) is 12.4 Å². The van der Waals surface area contributed by atoms with Crippen LogP contribution in [-0.2, 0) is 10.0 Å². The van der Waals surface area contributed by atoms with Gasteiger partial charge in [-0.2, -0.15) is 0 Å². The third kappa shape index (κ3) is 5.95. The van der Waals surface area contributed by atoms with E-state index in [2.05, 4.69) is 17.0 Å². The molecule has 0 heterocycles. The first-order valence-corrected chi connectivity index (χ1v) is 8.97. The number of benzene rings is 2. The highest BCUT2D eigenvalue weighted by molar-refractivity contribution is 7.89. The van der Waals surface area contributed by atoms with E-state index in [0.29, 0.717) is 18.0 Å². The molecule has 0 unspecified atom stereocenters. The quantitative estimate of drug-likeness (QED) is 0.716. The standard InChI is InChI=1S/C17H22N2O2S.ClH/c1-2-11-18-12-13-19-22(20,21)17-10-6-9-16(14-17)15-7-4-3-5-8-15;/h3-10,14,18-19H,2,11-13H2,1H3;1H. The Kier molecular flexibility index (Phi) is 8.26. The Morgan fingerprint density at radius 3 is 2.26 bits per heavy atom. The monoisotopic (exact) mass is 354 g/mol. The van der Waals surface area contributed by atoms with Crippen LogP contribution in [0.4, 0.5) is 0 Å². The molecule has 23 heavy (non-hydrogen) atoms. The summed E-state index contributed by atoms with van der Waals surface area (Å²) in [5.41, 5.74) is 1.90. The average molecular weight is 355 g/mol. The van der Waals surface area contributed by atoms with Crippen LogP contribution in [0, 0.1) is 0 Å². The average Bonchev–Trinajstić information content (AvgIpc) is 2.55. The van der Waals surface area contributed by atoms with Crippen LogP contribution in [0.25, 0.3) is 11.1 Å². The normalized spacial score (nSPS) is 11.0. The summed E-state index contributed by atoms with van der Waals surface area (Å²) in [4.78, 5) is 0.296. The second-order valence-electron chi connectivity index (χ2n) is 5.04.